The number of benzene rings is 3. The van der Waals surface area contributed by atoms with Crippen molar-refractivity contribution in [3.8, 4) is 33.8 Å². The van der Waals surface area contributed by atoms with E-state index in [9.17, 15) is 14.4 Å². The first-order chi connectivity index (χ1) is 23.0. The topological polar surface area (TPSA) is 108 Å². The summed E-state index contributed by atoms with van der Waals surface area (Å²) in [7, 11) is 0. The van der Waals surface area contributed by atoms with Gasteiger partial charge >= 0.3 is 17.9 Å². The molecule has 8 heteroatoms. The molecule has 4 rings (SSSR count). The van der Waals surface area contributed by atoms with Gasteiger partial charge in [0.1, 0.15) is 24.7 Å². The Morgan fingerprint density at radius 2 is 1.31 bits per heavy atom. The van der Waals surface area contributed by atoms with Crippen LogP contribution in [0.15, 0.2) is 103 Å². The van der Waals surface area contributed by atoms with E-state index in [0.29, 0.717) is 41.1 Å². The molecule has 0 aromatic heterocycles. The van der Waals surface area contributed by atoms with Crippen LogP contribution in [-0.2, 0) is 23.9 Å². The lowest BCUT2D eigenvalue weighted by molar-refractivity contribution is -0.140. The van der Waals surface area contributed by atoms with E-state index in [4.69, 9.17) is 24.1 Å². The van der Waals surface area contributed by atoms with Crippen LogP contribution < -0.4 is 9.47 Å². The maximum atomic E-state index is 11.9. The van der Waals surface area contributed by atoms with Crippen LogP contribution in [0.3, 0.4) is 0 Å². The van der Waals surface area contributed by atoms with Gasteiger partial charge in [-0.15, -0.1) is 0 Å². The van der Waals surface area contributed by atoms with E-state index in [1.165, 1.54) is 5.56 Å². The van der Waals surface area contributed by atoms with E-state index < -0.39 is 18.5 Å². The van der Waals surface area contributed by atoms with E-state index in [0.717, 1.165) is 54.4 Å². The van der Waals surface area contributed by atoms with Gasteiger partial charge in [-0.1, -0.05) is 62.2 Å². The average molecular weight is 653 g/mol. The molecule has 0 heterocycles. The molecular weight excluding hydrogens is 608 g/mol. The predicted molar refractivity (Wildman–Crippen MR) is 186 cm³/mol. The summed E-state index contributed by atoms with van der Waals surface area (Å²) in [6.45, 7) is 14.1. The van der Waals surface area contributed by atoms with Gasteiger partial charge in [-0.2, -0.15) is 0 Å². The van der Waals surface area contributed by atoms with Gasteiger partial charge in [0.15, 0.2) is 0 Å². The van der Waals surface area contributed by atoms with Crippen molar-refractivity contribution >= 4 is 17.9 Å². The van der Waals surface area contributed by atoms with E-state index in [1.807, 2.05) is 30.3 Å². The zero-order chi connectivity index (χ0) is 34.6. The van der Waals surface area contributed by atoms with Crippen LogP contribution in [0, 0.1) is 5.92 Å². The quantitative estimate of drug-likeness (QED) is 0.0768. The zero-order valence-electron chi connectivity index (χ0n) is 27.8. The standard InChI is InChI=1S/C40H44O8/c1-26(2)38(42)46-21-20-29-6-8-30(9-7-29)31-10-12-33(13-11-31)36-24-34(32-14-17-35(18-15-32)48-39(43)27(3)4)16-19-37(36)45-22-23-47-40(44)28(5)25-41/h10-19,24,29-30,41H,1,3,5-9,20-23,25H2,2,4H3. The fourth-order valence-corrected chi connectivity index (χ4v) is 5.58. The third kappa shape index (κ3) is 10.0. The highest BCUT2D eigenvalue weighted by Gasteiger charge is 2.23. The van der Waals surface area contributed by atoms with Gasteiger partial charge in [-0.3, -0.25) is 0 Å². The molecule has 0 spiro atoms. The first-order valence-electron chi connectivity index (χ1n) is 16.2. The highest BCUT2D eigenvalue weighted by atomic mass is 16.6. The highest BCUT2D eigenvalue weighted by Crippen LogP contribution is 2.39. The Labute approximate surface area is 282 Å². The molecule has 0 unspecified atom stereocenters. The summed E-state index contributed by atoms with van der Waals surface area (Å²) in [6.07, 6.45) is 5.24. The minimum atomic E-state index is -0.662. The summed E-state index contributed by atoms with van der Waals surface area (Å²) >= 11 is 0. The van der Waals surface area contributed by atoms with Crippen LogP contribution in [0.25, 0.3) is 22.3 Å². The lowest BCUT2D eigenvalue weighted by Crippen LogP contribution is -2.16. The Hall–Kier alpha value is -4.95. The number of carbonyl (C=O) groups excluding carboxylic acids is 3. The summed E-state index contributed by atoms with van der Waals surface area (Å²) < 4.78 is 21.9. The fraction of sp³-hybridized carbons (Fsp3) is 0.325. The second-order valence-corrected chi connectivity index (χ2v) is 12.2. The molecule has 1 fully saturated rings. The molecule has 0 aliphatic heterocycles. The van der Waals surface area contributed by atoms with Crippen molar-refractivity contribution in [1.29, 1.82) is 0 Å². The molecule has 1 aliphatic rings. The lowest BCUT2D eigenvalue weighted by atomic mass is 9.77. The van der Waals surface area contributed by atoms with Crippen molar-refractivity contribution in [2.45, 2.75) is 51.9 Å². The zero-order valence-corrected chi connectivity index (χ0v) is 27.8. The summed E-state index contributed by atoms with van der Waals surface area (Å²) in [5.41, 5.74) is 5.74. The van der Waals surface area contributed by atoms with Crippen molar-refractivity contribution in [2.75, 3.05) is 26.4 Å². The number of carbonyl (C=O) groups is 3. The van der Waals surface area contributed by atoms with Crippen LogP contribution in [0.2, 0.25) is 0 Å². The molecule has 1 aliphatic carbocycles. The predicted octanol–water partition coefficient (Wildman–Crippen LogP) is 7.76. The average Bonchev–Trinajstić information content (AvgIpc) is 3.10. The largest absolute Gasteiger partial charge is 0.489 e. The second-order valence-electron chi connectivity index (χ2n) is 12.2. The Balaban J connectivity index is 1.47. The van der Waals surface area contributed by atoms with Gasteiger partial charge in [0.25, 0.3) is 0 Å². The molecule has 0 radical (unpaired) electrons. The highest BCUT2D eigenvalue weighted by molar-refractivity contribution is 5.89. The number of esters is 3. The van der Waals surface area contributed by atoms with Crippen LogP contribution in [0.1, 0.15) is 57.4 Å². The normalized spacial score (nSPS) is 15.6. The number of hydrogen-bond donors (Lipinski definition) is 1. The second kappa shape index (κ2) is 17.3. The van der Waals surface area contributed by atoms with Crippen molar-refractivity contribution in [2.24, 2.45) is 5.92 Å². The number of aliphatic hydroxyl groups excluding tert-OH is 1. The van der Waals surface area contributed by atoms with Gasteiger partial charge in [0, 0.05) is 16.7 Å². The van der Waals surface area contributed by atoms with E-state index in [2.05, 4.69) is 44.0 Å². The lowest BCUT2D eigenvalue weighted by Gasteiger charge is -2.29. The molecule has 0 saturated heterocycles. The minimum Gasteiger partial charge on any atom is -0.489 e. The van der Waals surface area contributed by atoms with Gasteiger partial charge in [-0.25, -0.2) is 14.4 Å². The minimum absolute atomic E-state index is 0.00134. The molecule has 252 valence electrons. The molecule has 1 saturated carbocycles. The Bertz CT molecular complexity index is 1630. The third-order valence-corrected chi connectivity index (χ3v) is 8.43. The Morgan fingerprint density at radius 3 is 1.94 bits per heavy atom. The van der Waals surface area contributed by atoms with Gasteiger partial charge < -0.3 is 24.1 Å². The summed E-state index contributed by atoms with van der Waals surface area (Å²) in [4.78, 5) is 35.5. The third-order valence-electron chi connectivity index (χ3n) is 8.43. The van der Waals surface area contributed by atoms with E-state index in [-0.39, 0.29) is 24.8 Å². The summed E-state index contributed by atoms with van der Waals surface area (Å²) in [5.74, 6) is 0.617. The molecular formula is C40H44O8. The van der Waals surface area contributed by atoms with Crippen LogP contribution in [-0.4, -0.2) is 49.4 Å². The molecule has 3 aromatic carbocycles. The molecule has 8 nitrogen and oxygen atoms in total. The molecule has 48 heavy (non-hydrogen) atoms. The van der Waals surface area contributed by atoms with Gasteiger partial charge in [0.05, 0.1) is 18.8 Å². The molecule has 1 N–H and O–H groups in total. The molecule has 3 aromatic rings. The smallest absolute Gasteiger partial charge is 0.338 e. The molecule has 0 bridgehead atoms. The van der Waals surface area contributed by atoms with Crippen molar-refractivity contribution in [1.82, 2.24) is 0 Å². The van der Waals surface area contributed by atoms with Crippen LogP contribution >= 0.6 is 0 Å². The van der Waals surface area contributed by atoms with Crippen molar-refractivity contribution < 1.29 is 38.4 Å². The first kappa shape index (κ1) is 35.9. The first-order valence-corrected chi connectivity index (χ1v) is 16.2. The van der Waals surface area contributed by atoms with Crippen LogP contribution in [0.4, 0.5) is 0 Å². The Morgan fingerprint density at radius 1 is 0.708 bits per heavy atom. The maximum Gasteiger partial charge on any atom is 0.338 e. The van der Waals surface area contributed by atoms with Gasteiger partial charge in [-0.05, 0) is 104 Å². The maximum absolute atomic E-state index is 11.9. The van der Waals surface area contributed by atoms with Crippen LogP contribution in [0.5, 0.6) is 11.5 Å². The number of ether oxygens (including phenoxy) is 4. The molecule has 0 amide bonds. The van der Waals surface area contributed by atoms with Crippen molar-refractivity contribution in [3.63, 3.8) is 0 Å². The summed E-state index contributed by atoms with van der Waals surface area (Å²) in [5, 5.41) is 9.10. The Kier molecular flexibility index (Phi) is 12.9. The van der Waals surface area contributed by atoms with Gasteiger partial charge in [0.2, 0.25) is 0 Å². The summed E-state index contributed by atoms with van der Waals surface area (Å²) in [6, 6.07) is 21.7. The van der Waals surface area contributed by atoms with Crippen molar-refractivity contribution in [3.05, 3.63) is 109 Å². The fourth-order valence-electron chi connectivity index (χ4n) is 5.58. The number of aliphatic hydroxyl groups is 1. The van der Waals surface area contributed by atoms with E-state index >= 15 is 0 Å². The monoisotopic (exact) mass is 652 g/mol. The number of rotatable bonds is 15. The number of hydrogen-bond acceptors (Lipinski definition) is 8. The SMILES string of the molecule is C=C(C)C(=O)OCCC1CCC(c2ccc(-c3cc(-c4ccc(OC(=O)C(=C)C)cc4)ccc3OCCOC(=O)C(=C)CO)cc2)CC1. The van der Waals surface area contributed by atoms with E-state index in [1.54, 1.807) is 26.0 Å². The molecule has 0 atom stereocenters.